The van der Waals surface area contributed by atoms with Crippen LogP contribution in [0.5, 0.6) is 11.5 Å². The van der Waals surface area contributed by atoms with Crippen LogP contribution in [0.3, 0.4) is 0 Å². The number of amides is 1. The van der Waals surface area contributed by atoms with Gasteiger partial charge in [-0.1, -0.05) is 43.2 Å². The van der Waals surface area contributed by atoms with E-state index in [0.29, 0.717) is 13.0 Å². The molecule has 166 valence electrons. The van der Waals surface area contributed by atoms with Gasteiger partial charge < -0.3 is 24.6 Å². The first-order chi connectivity index (χ1) is 15.0. The maximum Gasteiger partial charge on any atom is 0.329 e. The van der Waals surface area contributed by atoms with Crippen molar-refractivity contribution in [1.29, 1.82) is 0 Å². The standard InChI is InChI=1S/C23H28N2O6/c1-15-18(30-14-16-8-4-3-5-9-16)11-7-6-10-17(23(28)31-15)25-22(27)20-21(26)19(29-2)12-13-24-20/h3-5,8-9,12-13,15,17-18,26H,6-7,10-11,14H2,1-2H3,(H,25,27)/t15-,17-,18+/m0/s1. The molecule has 1 amide bonds. The lowest BCUT2D eigenvalue weighted by Crippen LogP contribution is -2.44. The van der Waals surface area contributed by atoms with Gasteiger partial charge in [0, 0.05) is 12.3 Å². The van der Waals surface area contributed by atoms with E-state index in [1.54, 1.807) is 6.92 Å². The Balaban J connectivity index is 1.63. The number of esters is 1. The summed E-state index contributed by atoms with van der Waals surface area (Å²) in [7, 11) is 1.38. The summed E-state index contributed by atoms with van der Waals surface area (Å²) in [4.78, 5) is 29.2. The number of methoxy groups -OCH3 is 1. The molecule has 2 heterocycles. The minimum atomic E-state index is -0.838. The lowest BCUT2D eigenvalue weighted by Gasteiger charge is -2.25. The van der Waals surface area contributed by atoms with Gasteiger partial charge in [0.25, 0.3) is 5.91 Å². The number of cyclic esters (lactones) is 1. The SMILES string of the molecule is COc1ccnc(C(=O)N[C@H]2CCCC[C@@H](OCc3ccccc3)[C@H](C)OC2=O)c1O. The van der Waals surface area contributed by atoms with E-state index in [1.807, 2.05) is 30.3 Å². The van der Waals surface area contributed by atoms with Crippen LogP contribution in [-0.2, 0) is 20.9 Å². The summed E-state index contributed by atoms with van der Waals surface area (Å²) in [6.07, 6.45) is 3.38. The monoisotopic (exact) mass is 428 g/mol. The van der Waals surface area contributed by atoms with Crippen LogP contribution in [0.15, 0.2) is 42.6 Å². The Kier molecular flexibility index (Phi) is 7.83. The minimum Gasteiger partial charge on any atom is -0.503 e. The quantitative estimate of drug-likeness (QED) is 0.681. The number of pyridine rings is 1. The molecule has 1 aromatic heterocycles. The number of aromatic nitrogens is 1. The highest BCUT2D eigenvalue weighted by Gasteiger charge is 2.30. The number of hydrogen-bond acceptors (Lipinski definition) is 7. The van der Waals surface area contributed by atoms with Crippen LogP contribution in [0, 0.1) is 0 Å². The van der Waals surface area contributed by atoms with E-state index in [9.17, 15) is 14.7 Å². The number of aromatic hydroxyl groups is 1. The van der Waals surface area contributed by atoms with Crippen molar-refractivity contribution in [3.05, 3.63) is 53.9 Å². The van der Waals surface area contributed by atoms with Crippen molar-refractivity contribution in [2.75, 3.05) is 7.11 Å². The predicted molar refractivity (Wildman–Crippen MR) is 113 cm³/mol. The molecule has 31 heavy (non-hydrogen) atoms. The van der Waals surface area contributed by atoms with Crippen molar-refractivity contribution in [2.24, 2.45) is 0 Å². The number of nitrogens with zero attached hydrogens (tertiary/aromatic N) is 1. The van der Waals surface area contributed by atoms with Crippen molar-refractivity contribution in [2.45, 2.75) is 57.5 Å². The van der Waals surface area contributed by atoms with Crippen LogP contribution in [0.25, 0.3) is 0 Å². The maximum atomic E-state index is 12.7. The summed E-state index contributed by atoms with van der Waals surface area (Å²) >= 11 is 0. The molecule has 0 spiro atoms. The molecule has 0 unspecified atom stereocenters. The van der Waals surface area contributed by atoms with Gasteiger partial charge in [0.2, 0.25) is 0 Å². The van der Waals surface area contributed by atoms with E-state index in [4.69, 9.17) is 14.2 Å². The average molecular weight is 428 g/mol. The summed E-state index contributed by atoms with van der Waals surface area (Å²) in [5.74, 6) is -1.44. The van der Waals surface area contributed by atoms with E-state index in [0.717, 1.165) is 24.8 Å². The lowest BCUT2D eigenvalue weighted by molar-refractivity contribution is -0.158. The molecule has 1 fully saturated rings. The predicted octanol–water partition coefficient (Wildman–Crippen LogP) is 2.99. The van der Waals surface area contributed by atoms with Crippen LogP contribution in [0.1, 0.15) is 48.7 Å². The topological polar surface area (TPSA) is 107 Å². The second kappa shape index (κ2) is 10.8. The van der Waals surface area contributed by atoms with Crippen LogP contribution >= 0.6 is 0 Å². The van der Waals surface area contributed by atoms with Crippen molar-refractivity contribution in [3.63, 3.8) is 0 Å². The highest BCUT2D eigenvalue weighted by molar-refractivity contribution is 5.97. The summed E-state index contributed by atoms with van der Waals surface area (Å²) in [5, 5.41) is 12.8. The van der Waals surface area contributed by atoms with Crippen molar-refractivity contribution < 1.29 is 28.9 Å². The van der Waals surface area contributed by atoms with Gasteiger partial charge >= 0.3 is 5.97 Å². The molecule has 0 radical (unpaired) electrons. The Morgan fingerprint density at radius 3 is 2.71 bits per heavy atom. The second-order valence-corrected chi connectivity index (χ2v) is 7.50. The zero-order chi connectivity index (χ0) is 22.2. The van der Waals surface area contributed by atoms with Crippen molar-refractivity contribution in [3.8, 4) is 11.5 Å². The van der Waals surface area contributed by atoms with E-state index in [1.165, 1.54) is 19.4 Å². The smallest absolute Gasteiger partial charge is 0.329 e. The normalized spacial score (nSPS) is 21.9. The molecule has 0 saturated carbocycles. The van der Waals surface area contributed by atoms with Gasteiger partial charge in [0.1, 0.15) is 12.1 Å². The zero-order valence-electron chi connectivity index (χ0n) is 17.7. The molecular formula is C23H28N2O6. The van der Waals surface area contributed by atoms with Crippen LogP contribution < -0.4 is 10.1 Å². The van der Waals surface area contributed by atoms with E-state index in [2.05, 4.69) is 10.3 Å². The molecule has 2 aromatic rings. The average Bonchev–Trinajstić information content (AvgIpc) is 2.83. The van der Waals surface area contributed by atoms with Gasteiger partial charge in [-0.15, -0.1) is 0 Å². The molecule has 1 saturated heterocycles. The molecular weight excluding hydrogens is 400 g/mol. The molecule has 2 N–H and O–H groups in total. The van der Waals surface area contributed by atoms with Gasteiger partial charge in [-0.3, -0.25) is 4.79 Å². The third kappa shape index (κ3) is 5.95. The number of benzene rings is 1. The zero-order valence-corrected chi connectivity index (χ0v) is 17.7. The number of carbonyl (C=O) groups is 2. The Morgan fingerprint density at radius 2 is 1.97 bits per heavy atom. The Labute approximate surface area is 181 Å². The van der Waals surface area contributed by atoms with Crippen LogP contribution in [0.2, 0.25) is 0 Å². The van der Waals surface area contributed by atoms with Gasteiger partial charge in [-0.05, 0) is 25.3 Å². The molecule has 0 bridgehead atoms. The van der Waals surface area contributed by atoms with E-state index in [-0.39, 0.29) is 23.3 Å². The first-order valence-electron chi connectivity index (χ1n) is 10.4. The molecule has 8 heteroatoms. The first kappa shape index (κ1) is 22.6. The number of hydrogen-bond donors (Lipinski definition) is 2. The number of carbonyl (C=O) groups excluding carboxylic acids is 2. The fraction of sp³-hybridized carbons (Fsp3) is 0.435. The third-order valence-electron chi connectivity index (χ3n) is 5.28. The second-order valence-electron chi connectivity index (χ2n) is 7.50. The molecule has 0 aliphatic carbocycles. The number of rotatable bonds is 6. The Bertz CT molecular complexity index is 889. The molecule has 1 aliphatic rings. The molecule has 3 rings (SSSR count). The molecule has 1 aliphatic heterocycles. The van der Waals surface area contributed by atoms with Crippen LogP contribution in [-0.4, -0.2) is 47.3 Å². The summed E-state index contributed by atoms with van der Waals surface area (Å²) in [6.45, 7) is 2.24. The summed E-state index contributed by atoms with van der Waals surface area (Å²) in [5.41, 5.74) is 0.848. The van der Waals surface area contributed by atoms with Gasteiger partial charge in [0.15, 0.2) is 17.2 Å². The van der Waals surface area contributed by atoms with Crippen LogP contribution in [0.4, 0.5) is 0 Å². The first-order valence-corrected chi connectivity index (χ1v) is 10.4. The van der Waals surface area contributed by atoms with E-state index >= 15 is 0 Å². The Hall–Kier alpha value is -3.13. The van der Waals surface area contributed by atoms with Gasteiger partial charge in [-0.2, -0.15) is 0 Å². The number of ether oxygens (including phenoxy) is 3. The van der Waals surface area contributed by atoms with Crippen molar-refractivity contribution >= 4 is 11.9 Å². The largest absolute Gasteiger partial charge is 0.503 e. The highest BCUT2D eigenvalue weighted by Crippen LogP contribution is 2.27. The minimum absolute atomic E-state index is 0.129. The summed E-state index contributed by atoms with van der Waals surface area (Å²) in [6, 6.07) is 10.4. The molecule has 8 nitrogen and oxygen atoms in total. The lowest BCUT2D eigenvalue weighted by atomic mass is 10.0. The van der Waals surface area contributed by atoms with Gasteiger partial charge in [0.05, 0.1) is 19.8 Å². The van der Waals surface area contributed by atoms with Gasteiger partial charge in [-0.25, -0.2) is 9.78 Å². The van der Waals surface area contributed by atoms with E-state index < -0.39 is 24.0 Å². The number of nitrogens with one attached hydrogen (secondary N) is 1. The Morgan fingerprint density at radius 1 is 1.23 bits per heavy atom. The van der Waals surface area contributed by atoms with Crippen molar-refractivity contribution in [1.82, 2.24) is 10.3 Å². The third-order valence-corrected chi connectivity index (χ3v) is 5.28. The molecule has 3 atom stereocenters. The molecule has 1 aromatic carbocycles. The highest BCUT2D eigenvalue weighted by atomic mass is 16.6. The summed E-state index contributed by atoms with van der Waals surface area (Å²) < 4.78 is 16.6. The fourth-order valence-electron chi connectivity index (χ4n) is 3.51. The fourth-order valence-corrected chi connectivity index (χ4v) is 3.51. The maximum absolute atomic E-state index is 12.7.